The van der Waals surface area contributed by atoms with Gasteiger partial charge in [-0.1, -0.05) is 6.92 Å². The Morgan fingerprint density at radius 1 is 1.00 bits per heavy atom. The molecule has 0 amide bonds. The molecule has 6 N–H and O–H groups in total. The Kier molecular flexibility index (Phi) is 3.49. The molecule has 2 saturated carbocycles. The number of fused-ring (bicyclic) bond motifs is 1. The lowest BCUT2D eigenvalue weighted by molar-refractivity contribution is -0.326. The smallest absolute Gasteiger partial charge is 0.111 e. The van der Waals surface area contributed by atoms with E-state index in [1.807, 2.05) is 0 Å². The average Bonchev–Trinajstić information content (AvgIpc) is 2.61. The van der Waals surface area contributed by atoms with Gasteiger partial charge in [-0.3, -0.25) is 0 Å². The number of aliphatic hydroxyl groups excluding tert-OH is 6. The summed E-state index contributed by atoms with van der Waals surface area (Å²) in [6.45, 7) is 4.46. The molecule has 0 aromatic heterocycles. The third-order valence-electron chi connectivity index (χ3n) is 6.44. The Bertz CT molecular complexity index is 469. The molecule has 3 aliphatic rings. The Morgan fingerprint density at radius 3 is 2.14 bits per heavy atom. The quantitative estimate of drug-likeness (QED) is 0.329. The van der Waals surface area contributed by atoms with E-state index < -0.39 is 65.6 Å². The highest BCUT2D eigenvalue weighted by Crippen LogP contribution is 2.65. The third kappa shape index (κ3) is 1.51. The number of hydrogen-bond donors (Lipinski definition) is 6. The lowest BCUT2D eigenvalue weighted by Gasteiger charge is -2.62. The largest absolute Gasteiger partial charge is 0.395 e. The van der Waals surface area contributed by atoms with Crippen LogP contribution in [0.1, 0.15) is 27.2 Å². The minimum Gasteiger partial charge on any atom is -0.395 e. The molecule has 0 aromatic carbocycles. The fraction of sp³-hybridized carbons (Fsp3) is 1.00. The highest BCUT2D eigenvalue weighted by molar-refractivity contribution is 5.28. The molecule has 0 radical (unpaired) electrons. The van der Waals surface area contributed by atoms with Gasteiger partial charge in [0.1, 0.15) is 5.60 Å². The second-order valence-corrected chi connectivity index (χ2v) is 7.75. The van der Waals surface area contributed by atoms with E-state index in [9.17, 15) is 30.6 Å². The van der Waals surface area contributed by atoms with E-state index in [2.05, 4.69) is 0 Å². The first-order valence-corrected chi connectivity index (χ1v) is 7.79. The molecule has 7 nitrogen and oxygen atoms in total. The maximum Gasteiger partial charge on any atom is 0.111 e. The van der Waals surface area contributed by atoms with Crippen LogP contribution in [0.15, 0.2) is 0 Å². The van der Waals surface area contributed by atoms with Crippen molar-refractivity contribution in [3.05, 3.63) is 0 Å². The van der Waals surface area contributed by atoms with Crippen molar-refractivity contribution in [3.63, 3.8) is 0 Å². The van der Waals surface area contributed by atoms with Crippen LogP contribution in [0, 0.1) is 17.3 Å². The van der Waals surface area contributed by atoms with Crippen molar-refractivity contribution >= 4 is 0 Å². The zero-order chi connectivity index (χ0) is 16.7. The Hall–Kier alpha value is -0.280. The van der Waals surface area contributed by atoms with Gasteiger partial charge in [-0.2, -0.15) is 0 Å². The second-order valence-electron chi connectivity index (χ2n) is 7.75. The summed E-state index contributed by atoms with van der Waals surface area (Å²) in [6.07, 6.45) is -6.57. The first-order chi connectivity index (χ1) is 10.1. The summed E-state index contributed by atoms with van der Waals surface area (Å²) in [4.78, 5) is 0. The summed E-state index contributed by atoms with van der Waals surface area (Å²) in [5, 5.41) is 62.8. The molecule has 9 atom stereocenters. The van der Waals surface area contributed by atoms with Crippen LogP contribution in [0.4, 0.5) is 0 Å². The molecule has 1 aliphatic heterocycles. The molecule has 1 spiro atoms. The van der Waals surface area contributed by atoms with Gasteiger partial charge in [0, 0.05) is 5.92 Å². The SMILES string of the molecule is C[C@H]1C[C@H](O)[C@@H](O)[C@@]2(CO)[C@H](O)[C@@H](O)[C@@H]3[C@@H](O)[C@]12OC3(C)C. The predicted octanol–water partition coefficient (Wildman–Crippen LogP) is -2.01. The number of ether oxygens (including phenoxy) is 1. The molecule has 2 aliphatic carbocycles. The highest BCUT2D eigenvalue weighted by Gasteiger charge is 2.80. The minimum atomic E-state index is -1.74. The standard InChI is InChI=1S/C15H26O7/c1-6-4-7(17)10(19)14(5-16)12(21)9(18)8-11(20)15(6,14)22-13(8,2)3/h6-12,16-21H,4-5H2,1-3H3/t6-,7-,8+,9-,10+,11+,12+,14-,15+/m0/s1. The van der Waals surface area contributed by atoms with Gasteiger partial charge in [-0.25, -0.2) is 0 Å². The van der Waals surface area contributed by atoms with Crippen LogP contribution in [0.2, 0.25) is 0 Å². The average molecular weight is 318 g/mol. The molecule has 2 bridgehead atoms. The maximum atomic E-state index is 10.9. The summed E-state index contributed by atoms with van der Waals surface area (Å²) in [5.41, 5.74) is -4.10. The predicted molar refractivity (Wildman–Crippen MR) is 74.7 cm³/mol. The Labute approximate surface area is 129 Å². The lowest BCUT2D eigenvalue weighted by atomic mass is 9.47. The summed E-state index contributed by atoms with van der Waals surface area (Å²) >= 11 is 0. The molecule has 1 heterocycles. The minimum absolute atomic E-state index is 0.172. The molecule has 1 saturated heterocycles. The van der Waals surface area contributed by atoms with Crippen LogP contribution in [0.3, 0.4) is 0 Å². The molecule has 22 heavy (non-hydrogen) atoms. The van der Waals surface area contributed by atoms with Crippen molar-refractivity contribution < 1.29 is 35.4 Å². The molecular weight excluding hydrogens is 292 g/mol. The number of aliphatic hydroxyl groups is 6. The summed E-state index contributed by atoms with van der Waals surface area (Å²) in [5.74, 6) is -1.16. The van der Waals surface area contributed by atoms with Gasteiger partial charge in [0.05, 0.1) is 48.1 Å². The first kappa shape index (κ1) is 16.6. The van der Waals surface area contributed by atoms with E-state index in [1.54, 1.807) is 20.8 Å². The van der Waals surface area contributed by atoms with Crippen molar-refractivity contribution in [2.75, 3.05) is 6.61 Å². The fourth-order valence-corrected chi connectivity index (χ4v) is 5.49. The third-order valence-corrected chi connectivity index (χ3v) is 6.44. The zero-order valence-electron chi connectivity index (χ0n) is 13.0. The van der Waals surface area contributed by atoms with Crippen LogP contribution < -0.4 is 0 Å². The maximum absolute atomic E-state index is 10.9. The van der Waals surface area contributed by atoms with Crippen LogP contribution >= 0.6 is 0 Å². The monoisotopic (exact) mass is 318 g/mol. The molecular formula is C15H26O7. The summed E-state index contributed by atoms with van der Waals surface area (Å²) < 4.78 is 6.14. The van der Waals surface area contributed by atoms with Gasteiger partial charge in [-0.05, 0) is 26.2 Å². The van der Waals surface area contributed by atoms with E-state index in [4.69, 9.17) is 4.74 Å². The van der Waals surface area contributed by atoms with Gasteiger partial charge < -0.3 is 35.4 Å². The topological polar surface area (TPSA) is 131 Å². The van der Waals surface area contributed by atoms with Crippen LogP contribution in [0.25, 0.3) is 0 Å². The van der Waals surface area contributed by atoms with Gasteiger partial charge in [0.25, 0.3) is 0 Å². The van der Waals surface area contributed by atoms with E-state index >= 15 is 0 Å². The van der Waals surface area contributed by atoms with E-state index in [0.29, 0.717) is 0 Å². The van der Waals surface area contributed by atoms with Crippen molar-refractivity contribution in [1.29, 1.82) is 0 Å². The van der Waals surface area contributed by atoms with Gasteiger partial charge in [0.15, 0.2) is 0 Å². The number of hydrogen-bond acceptors (Lipinski definition) is 7. The van der Waals surface area contributed by atoms with Gasteiger partial charge in [-0.15, -0.1) is 0 Å². The molecule has 7 heteroatoms. The lowest BCUT2D eigenvalue weighted by Crippen LogP contribution is -2.79. The van der Waals surface area contributed by atoms with Crippen molar-refractivity contribution in [1.82, 2.24) is 0 Å². The Morgan fingerprint density at radius 2 is 1.59 bits per heavy atom. The molecule has 128 valence electrons. The van der Waals surface area contributed by atoms with Crippen LogP contribution in [0.5, 0.6) is 0 Å². The van der Waals surface area contributed by atoms with Crippen molar-refractivity contribution in [3.8, 4) is 0 Å². The molecule has 3 fully saturated rings. The van der Waals surface area contributed by atoms with Crippen LogP contribution in [-0.4, -0.2) is 79.0 Å². The molecule has 3 rings (SSSR count). The molecule has 0 aromatic rings. The van der Waals surface area contributed by atoms with Crippen molar-refractivity contribution in [2.45, 2.75) is 68.9 Å². The normalized spacial score (nSPS) is 60.1. The fourth-order valence-electron chi connectivity index (χ4n) is 5.49. The summed E-state index contributed by atoms with van der Waals surface area (Å²) in [7, 11) is 0. The second kappa shape index (κ2) is 4.63. The van der Waals surface area contributed by atoms with E-state index in [0.717, 1.165) is 0 Å². The van der Waals surface area contributed by atoms with E-state index in [1.165, 1.54) is 0 Å². The van der Waals surface area contributed by atoms with Gasteiger partial charge in [0.2, 0.25) is 0 Å². The highest BCUT2D eigenvalue weighted by atomic mass is 16.6. The summed E-state index contributed by atoms with van der Waals surface area (Å²) in [6, 6.07) is 0. The number of rotatable bonds is 1. The van der Waals surface area contributed by atoms with Crippen LogP contribution in [-0.2, 0) is 4.74 Å². The van der Waals surface area contributed by atoms with E-state index in [-0.39, 0.29) is 6.42 Å². The molecule has 0 unspecified atom stereocenters. The first-order valence-electron chi connectivity index (χ1n) is 7.79. The zero-order valence-corrected chi connectivity index (χ0v) is 13.0. The van der Waals surface area contributed by atoms with Gasteiger partial charge >= 0.3 is 0 Å². The Balaban J connectivity index is 2.27. The van der Waals surface area contributed by atoms with Crippen molar-refractivity contribution in [2.24, 2.45) is 17.3 Å².